The topological polar surface area (TPSA) is 146 Å². The Labute approximate surface area is 110 Å². The Kier molecular flexibility index (Phi) is 2.04. The number of imidazole rings is 1. The van der Waals surface area contributed by atoms with Gasteiger partial charge in [0, 0.05) is 0 Å². The smallest absolute Gasteiger partial charge is 0.321 e. The van der Waals surface area contributed by atoms with Crippen molar-refractivity contribution < 1.29 is 24.8 Å². The molecule has 10 heteroatoms. The van der Waals surface area contributed by atoms with Crippen LogP contribution in [0, 0.1) is 0 Å². The summed E-state index contributed by atoms with van der Waals surface area (Å²) in [6, 6.07) is 0. The summed E-state index contributed by atoms with van der Waals surface area (Å²) < 4.78 is 11.7. The standard InChI is InChI=1S/C10H10N4O6/c15-1-4-6(16)9(18)10(19-4,20-9)14-3-13-5-7(14)11-2-12-8(5)17/h2-4,6,15-16,18H,1H2,(H,11,12,17)/t4-,6-,9+,10+/m1/s1. The number of rotatable bonds is 2. The lowest BCUT2D eigenvalue weighted by atomic mass is 10.1. The molecular weight excluding hydrogens is 272 g/mol. The molecule has 2 aliphatic rings. The molecule has 2 fully saturated rings. The average Bonchev–Trinajstić information content (AvgIpc) is 2.77. The molecule has 4 heterocycles. The number of epoxide rings is 1. The molecule has 10 nitrogen and oxygen atoms in total. The fourth-order valence-corrected chi connectivity index (χ4v) is 2.54. The second-order valence-electron chi connectivity index (χ2n) is 4.68. The largest absolute Gasteiger partial charge is 0.394 e. The zero-order valence-corrected chi connectivity index (χ0v) is 9.92. The number of nitrogens with zero attached hydrogens (tertiary/aromatic N) is 3. The third-order valence-corrected chi connectivity index (χ3v) is 3.61. The van der Waals surface area contributed by atoms with E-state index in [1.54, 1.807) is 0 Å². The summed E-state index contributed by atoms with van der Waals surface area (Å²) in [4.78, 5) is 21.8. The number of hydrogen-bond acceptors (Lipinski definition) is 8. The number of hydrogen-bond donors (Lipinski definition) is 4. The summed E-state index contributed by atoms with van der Waals surface area (Å²) in [5.41, 5.74) is -0.271. The molecule has 4 rings (SSSR count). The van der Waals surface area contributed by atoms with Gasteiger partial charge in [0.1, 0.15) is 18.5 Å². The molecular formula is C10H10N4O6. The highest BCUT2D eigenvalue weighted by atomic mass is 16.9. The quantitative estimate of drug-likeness (QED) is 0.432. The molecule has 4 atom stereocenters. The van der Waals surface area contributed by atoms with Crippen LogP contribution in [-0.2, 0) is 15.4 Å². The summed E-state index contributed by atoms with van der Waals surface area (Å²) in [7, 11) is 0. The van der Waals surface area contributed by atoms with Crippen molar-refractivity contribution in [2.75, 3.05) is 6.61 Å². The van der Waals surface area contributed by atoms with Gasteiger partial charge in [-0.05, 0) is 0 Å². The molecule has 0 radical (unpaired) electrons. The van der Waals surface area contributed by atoms with Gasteiger partial charge in [0.15, 0.2) is 11.2 Å². The van der Waals surface area contributed by atoms with Gasteiger partial charge in [0.25, 0.3) is 11.3 Å². The minimum absolute atomic E-state index is 0.0465. The SMILES string of the molecule is O=c1[nH]cnc2c1ncn2[C@]12O[C@H](CO)[C@@H](O)[C@]1(O)O2. The van der Waals surface area contributed by atoms with Crippen LogP contribution in [0.4, 0.5) is 0 Å². The van der Waals surface area contributed by atoms with Crippen molar-refractivity contribution in [2.24, 2.45) is 0 Å². The van der Waals surface area contributed by atoms with Crippen molar-refractivity contribution in [3.8, 4) is 0 Å². The van der Waals surface area contributed by atoms with Crippen LogP contribution in [0.5, 0.6) is 0 Å². The Hall–Kier alpha value is -1.85. The maximum atomic E-state index is 11.6. The molecule has 2 aromatic heterocycles. The first-order valence-electron chi connectivity index (χ1n) is 5.84. The van der Waals surface area contributed by atoms with Crippen LogP contribution in [-0.4, -0.2) is 59.4 Å². The second-order valence-corrected chi connectivity index (χ2v) is 4.68. The lowest BCUT2D eigenvalue weighted by Gasteiger charge is -2.16. The van der Waals surface area contributed by atoms with Gasteiger partial charge < -0.3 is 25.0 Å². The Morgan fingerprint density at radius 3 is 3.00 bits per heavy atom. The fraction of sp³-hybridized carbons (Fsp3) is 0.500. The zero-order valence-electron chi connectivity index (χ0n) is 9.92. The second kappa shape index (κ2) is 3.42. The molecule has 106 valence electrons. The average molecular weight is 282 g/mol. The highest BCUT2D eigenvalue weighted by molar-refractivity contribution is 5.69. The number of ether oxygens (including phenoxy) is 2. The van der Waals surface area contributed by atoms with Gasteiger partial charge in [-0.2, -0.15) is 0 Å². The molecule has 0 aromatic carbocycles. The third kappa shape index (κ3) is 1.13. The van der Waals surface area contributed by atoms with Gasteiger partial charge >= 0.3 is 5.91 Å². The van der Waals surface area contributed by atoms with Crippen LogP contribution in [0.2, 0.25) is 0 Å². The van der Waals surface area contributed by atoms with Crippen molar-refractivity contribution in [3.05, 3.63) is 23.0 Å². The summed E-state index contributed by atoms with van der Waals surface area (Å²) in [5.74, 6) is -3.73. The molecule has 0 bridgehead atoms. The molecule has 4 N–H and O–H groups in total. The lowest BCUT2D eigenvalue weighted by Crippen LogP contribution is -2.37. The van der Waals surface area contributed by atoms with Crippen molar-refractivity contribution in [1.29, 1.82) is 0 Å². The van der Waals surface area contributed by atoms with Crippen LogP contribution >= 0.6 is 0 Å². The van der Waals surface area contributed by atoms with Crippen molar-refractivity contribution in [3.63, 3.8) is 0 Å². The predicted octanol–water partition coefficient (Wildman–Crippen LogP) is -2.80. The number of fused-ring (bicyclic) bond motifs is 2. The first-order chi connectivity index (χ1) is 9.53. The van der Waals surface area contributed by atoms with E-state index in [-0.39, 0.29) is 11.2 Å². The zero-order chi connectivity index (χ0) is 14.1. The fourth-order valence-electron chi connectivity index (χ4n) is 2.54. The summed E-state index contributed by atoms with van der Waals surface area (Å²) in [6.07, 6.45) is -0.0344. The number of aromatic nitrogens is 4. The molecule has 2 saturated heterocycles. The minimum Gasteiger partial charge on any atom is -0.394 e. The van der Waals surface area contributed by atoms with Gasteiger partial charge in [0.05, 0.1) is 12.9 Å². The Morgan fingerprint density at radius 1 is 1.50 bits per heavy atom. The summed E-state index contributed by atoms with van der Waals surface area (Å²) >= 11 is 0. The van der Waals surface area contributed by atoms with Crippen LogP contribution in [0.1, 0.15) is 0 Å². The van der Waals surface area contributed by atoms with E-state index in [2.05, 4.69) is 15.0 Å². The third-order valence-electron chi connectivity index (χ3n) is 3.61. The maximum absolute atomic E-state index is 11.6. The summed E-state index contributed by atoms with van der Waals surface area (Å²) in [6.45, 7) is -0.491. The summed E-state index contributed by atoms with van der Waals surface area (Å²) in [5, 5.41) is 29.2. The molecule has 0 spiro atoms. The van der Waals surface area contributed by atoms with Gasteiger partial charge in [-0.15, -0.1) is 0 Å². The molecule has 2 aromatic rings. The van der Waals surface area contributed by atoms with Crippen molar-refractivity contribution >= 4 is 11.2 Å². The van der Waals surface area contributed by atoms with Crippen LogP contribution in [0.3, 0.4) is 0 Å². The molecule has 0 amide bonds. The molecule has 0 aliphatic carbocycles. The van der Waals surface area contributed by atoms with E-state index in [1.807, 2.05) is 0 Å². The number of nitrogens with one attached hydrogen (secondary N) is 1. The van der Waals surface area contributed by atoms with Crippen molar-refractivity contribution in [2.45, 2.75) is 23.9 Å². The van der Waals surface area contributed by atoms with E-state index in [0.29, 0.717) is 0 Å². The Bertz CT molecular complexity index is 758. The van der Waals surface area contributed by atoms with E-state index in [0.717, 1.165) is 0 Å². The first kappa shape index (κ1) is 11.9. The van der Waals surface area contributed by atoms with Crippen LogP contribution < -0.4 is 5.56 Å². The normalized spacial score (nSPS) is 39.1. The van der Waals surface area contributed by atoms with E-state index >= 15 is 0 Å². The number of aliphatic hydroxyl groups excluding tert-OH is 2. The molecule has 2 aliphatic heterocycles. The number of aliphatic hydroxyl groups is 3. The van der Waals surface area contributed by atoms with Gasteiger partial charge in [-0.1, -0.05) is 0 Å². The molecule has 20 heavy (non-hydrogen) atoms. The van der Waals surface area contributed by atoms with E-state index < -0.39 is 36.1 Å². The molecule has 0 unspecified atom stereocenters. The highest BCUT2D eigenvalue weighted by Crippen LogP contribution is 2.60. The Morgan fingerprint density at radius 2 is 2.30 bits per heavy atom. The predicted molar refractivity (Wildman–Crippen MR) is 60.1 cm³/mol. The Balaban J connectivity index is 1.90. The first-order valence-corrected chi connectivity index (χ1v) is 5.84. The van der Waals surface area contributed by atoms with Crippen LogP contribution in [0.15, 0.2) is 17.4 Å². The van der Waals surface area contributed by atoms with E-state index in [4.69, 9.17) is 14.6 Å². The monoisotopic (exact) mass is 282 g/mol. The minimum atomic E-state index is -2.00. The van der Waals surface area contributed by atoms with Crippen LogP contribution in [0.25, 0.3) is 11.2 Å². The lowest BCUT2D eigenvalue weighted by molar-refractivity contribution is -0.177. The maximum Gasteiger partial charge on any atom is 0.321 e. The molecule has 0 saturated carbocycles. The van der Waals surface area contributed by atoms with Gasteiger partial charge in [-0.25, -0.2) is 9.97 Å². The van der Waals surface area contributed by atoms with Gasteiger partial charge in [-0.3, -0.25) is 14.1 Å². The van der Waals surface area contributed by atoms with Crippen molar-refractivity contribution in [1.82, 2.24) is 19.5 Å². The highest BCUT2D eigenvalue weighted by Gasteiger charge is 2.84. The number of H-pyrrole nitrogens is 1. The number of aromatic amines is 1. The van der Waals surface area contributed by atoms with E-state index in [9.17, 15) is 15.0 Å². The van der Waals surface area contributed by atoms with Gasteiger partial charge in [0.2, 0.25) is 0 Å². The van der Waals surface area contributed by atoms with E-state index in [1.165, 1.54) is 17.2 Å².